The molecule has 0 N–H and O–H groups in total. The molecule has 1 saturated heterocycles. The molecule has 1 aliphatic rings. The van der Waals surface area contributed by atoms with Crippen molar-refractivity contribution in [2.24, 2.45) is 0 Å². The predicted octanol–water partition coefficient (Wildman–Crippen LogP) is 2.35. The Balaban J connectivity index is 1.89. The Bertz CT molecular complexity index is 835. The Kier molecular flexibility index (Phi) is 3.69. The maximum Gasteiger partial charge on any atom is 0.307 e. The third-order valence-corrected chi connectivity index (χ3v) is 5.34. The SMILES string of the molecule is O=C1CC(S(=O)(=O)F)CN1c1nc(-c2ccccc2F)cs1. The van der Waals surface area contributed by atoms with Gasteiger partial charge in [0.2, 0.25) is 5.91 Å². The van der Waals surface area contributed by atoms with Crippen molar-refractivity contribution in [3.05, 3.63) is 35.5 Å². The molecule has 1 atom stereocenters. The first-order valence-electron chi connectivity index (χ1n) is 6.30. The van der Waals surface area contributed by atoms with Crippen molar-refractivity contribution in [2.45, 2.75) is 11.7 Å². The molecule has 0 bridgehead atoms. The number of halogens is 2. The molecule has 0 saturated carbocycles. The highest BCUT2D eigenvalue weighted by atomic mass is 32.3. The molecule has 22 heavy (non-hydrogen) atoms. The number of thiazole rings is 1. The van der Waals surface area contributed by atoms with Crippen LogP contribution in [0.4, 0.5) is 13.4 Å². The quantitative estimate of drug-likeness (QED) is 0.802. The summed E-state index contributed by atoms with van der Waals surface area (Å²) in [5.41, 5.74) is 0.628. The van der Waals surface area contributed by atoms with Gasteiger partial charge in [0.25, 0.3) is 0 Å². The minimum Gasteiger partial charge on any atom is -0.287 e. The molecule has 1 amide bonds. The molecule has 0 radical (unpaired) electrons. The van der Waals surface area contributed by atoms with E-state index in [-0.39, 0.29) is 17.2 Å². The van der Waals surface area contributed by atoms with E-state index in [0.717, 1.165) is 16.2 Å². The minimum absolute atomic E-state index is 0.231. The van der Waals surface area contributed by atoms with E-state index in [9.17, 15) is 21.5 Å². The van der Waals surface area contributed by atoms with Gasteiger partial charge in [-0.25, -0.2) is 9.37 Å². The number of amides is 1. The number of carbonyl (C=O) groups excluding carboxylic acids is 1. The summed E-state index contributed by atoms with van der Waals surface area (Å²) in [7, 11) is -4.77. The molecule has 3 rings (SSSR count). The van der Waals surface area contributed by atoms with Gasteiger partial charge in [0.05, 0.1) is 5.69 Å². The molecule has 1 aromatic heterocycles. The van der Waals surface area contributed by atoms with Gasteiger partial charge in [0.15, 0.2) is 5.13 Å². The van der Waals surface area contributed by atoms with Crippen LogP contribution in [0.25, 0.3) is 11.3 Å². The second kappa shape index (κ2) is 5.40. The van der Waals surface area contributed by atoms with E-state index in [2.05, 4.69) is 4.98 Å². The summed E-state index contributed by atoms with van der Waals surface area (Å²) in [5, 5.41) is 0.424. The summed E-state index contributed by atoms with van der Waals surface area (Å²) in [4.78, 5) is 17.1. The molecular formula is C13H10F2N2O3S2. The van der Waals surface area contributed by atoms with Crippen LogP contribution < -0.4 is 4.90 Å². The third-order valence-electron chi connectivity index (χ3n) is 3.36. The molecule has 1 aliphatic heterocycles. The van der Waals surface area contributed by atoms with Crippen LogP contribution >= 0.6 is 11.3 Å². The average molecular weight is 344 g/mol. The maximum atomic E-state index is 13.7. The Hall–Kier alpha value is -1.87. The van der Waals surface area contributed by atoms with E-state index in [1.165, 1.54) is 6.07 Å². The summed E-state index contributed by atoms with van der Waals surface area (Å²) in [6.07, 6.45) is -0.409. The van der Waals surface area contributed by atoms with Gasteiger partial charge in [-0.05, 0) is 12.1 Å². The average Bonchev–Trinajstić information content (AvgIpc) is 3.05. The fraction of sp³-hybridized carbons (Fsp3) is 0.231. The highest BCUT2D eigenvalue weighted by molar-refractivity contribution is 7.87. The standard InChI is InChI=1S/C13H10F2N2O3S2/c14-10-4-2-1-3-9(10)11-7-21-13(16-11)17-6-8(5-12(17)18)22(15,19)20/h1-4,7-8H,5-6H2. The summed E-state index contributed by atoms with van der Waals surface area (Å²) in [5.74, 6) is -0.961. The van der Waals surface area contributed by atoms with Crippen LogP contribution in [-0.2, 0) is 15.0 Å². The van der Waals surface area contributed by atoms with Gasteiger partial charge in [0.1, 0.15) is 11.1 Å². The zero-order valence-corrected chi connectivity index (χ0v) is 12.7. The summed E-state index contributed by atoms with van der Waals surface area (Å²) >= 11 is 1.08. The molecule has 2 heterocycles. The van der Waals surface area contributed by atoms with Crippen molar-refractivity contribution in [1.82, 2.24) is 4.98 Å². The normalized spacial score (nSPS) is 18.9. The monoisotopic (exact) mass is 344 g/mol. The van der Waals surface area contributed by atoms with Gasteiger partial charge in [-0.3, -0.25) is 9.69 Å². The highest BCUT2D eigenvalue weighted by Gasteiger charge is 2.40. The first-order chi connectivity index (χ1) is 10.4. The van der Waals surface area contributed by atoms with Crippen LogP contribution in [0.5, 0.6) is 0 Å². The van der Waals surface area contributed by atoms with Gasteiger partial charge in [-0.1, -0.05) is 12.1 Å². The minimum atomic E-state index is -4.77. The van der Waals surface area contributed by atoms with E-state index >= 15 is 0 Å². The number of hydrogen-bond acceptors (Lipinski definition) is 5. The van der Waals surface area contributed by atoms with Crippen LogP contribution in [0.2, 0.25) is 0 Å². The van der Waals surface area contributed by atoms with Crippen molar-refractivity contribution in [1.29, 1.82) is 0 Å². The van der Waals surface area contributed by atoms with Gasteiger partial charge in [-0.15, -0.1) is 15.2 Å². The Morgan fingerprint density at radius 1 is 1.32 bits per heavy atom. The maximum absolute atomic E-state index is 13.7. The molecule has 9 heteroatoms. The Morgan fingerprint density at radius 3 is 2.68 bits per heavy atom. The Labute approximate surface area is 129 Å². The molecule has 5 nitrogen and oxygen atoms in total. The fourth-order valence-electron chi connectivity index (χ4n) is 2.23. The second-order valence-electron chi connectivity index (χ2n) is 4.80. The molecule has 1 unspecified atom stereocenters. The molecule has 0 spiro atoms. The summed E-state index contributed by atoms with van der Waals surface area (Å²) in [6, 6.07) is 6.05. The van der Waals surface area contributed by atoms with E-state index < -0.39 is 33.6 Å². The van der Waals surface area contributed by atoms with E-state index in [1.54, 1.807) is 23.6 Å². The zero-order valence-electron chi connectivity index (χ0n) is 11.1. The Morgan fingerprint density at radius 2 is 2.05 bits per heavy atom. The number of nitrogens with zero attached hydrogens (tertiary/aromatic N) is 2. The lowest BCUT2D eigenvalue weighted by molar-refractivity contribution is -0.117. The molecule has 116 valence electrons. The number of rotatable bonds is 3. The van der Waals surface area contributed by atoms with E-state index in [0.29, 0.717) is 5.69 Å². The van der Waals surface area contributed by atoms with Gasteiger partial charge in [-0.2, -0.15) is 8.42 Å². The first kappa shape index (κ1) is 15.0. The second-order valence-corrected chi connectivity index (χ2v) is 7.26. The van der Waals surface area contributed by atoms with E-state index in [4.69, 9.17) is 0 Å². The molecule has 1 aromatic carbocycles. The lowest BCUT2D eigenvalue weighted by Gasteiger charge is -2.11. The van der Waals surface area contributed by atoms with Crippen LogP contribution in [0, 0.1) is 5.82 Å². The largest absolute Gasteiger partial charge is 0.307 e. The number of aromatic nitrogens is 1. The lowest BCUT2D eigenvalue weighted by Crippen LogP contribution is -2.26. The van der Waals surface area contributed by atoms with Crippen molar-refractivity contribution in [3.8, 4) is 11.3 Å². The summed E-state index contributed by atoms with van der Waals surface area (Å²) in [6.45, 7) is -0.276. The third kappa shape index (κ3) is 2.73. The molecular weight excluding hydrogens is 334 g/mol. The van der Waals surface area contributed by atoms with Crippen molar-refractivity contribution < 1.29 is 21.5 Å². The predicted molar refractivity (Wildman–Crippen MR) is 78.3 cm³/mol. The molecule has 0 aliphatic carbocycles. The number of benzene rings is 1. The van der Waals surface area contributed by atoms with Crippen LogP contribution in [0.15, 0.2) is 29.6 Å². The van der Waals surface area contributed by atoms with E-state index in [1.807, 2.05) is 0 Å². The van der Waals surface area contributed by atoms with Gasteiger partial charge >= 0.3 is 10.2 Å². The van der Waals surface area contributed by atoms with Crippen molar-refractivity contribution in [2.75, 3.05) is 11.4 Å². The summed E-state index contributed by atoms with van der Waals surface area (Å²) < 4.78 is 48.5. The first-order valence-corrected chi connectivity index (χ1v) is 8.63. The smallest absolute Gasteiger partial charge is 0.287 e. The highest BCUT2D eigenvalue weighted by Crippen LogP contribution is 2.32. The van der Waals surface area contributed by atoms with Crippen LogP contribution in [0.3, 0.4) is 0 Å². The molecule has 1 fully saturated rings. The lowest BCUT2D eigenvalue weighted by atomic mass is 10.2. The number of carbonyl (C=O) groups is 1. The zero-order chi connectivity index (χ0) is 15.9. The topological polar surface area (TPSA) is 67.3 Å². The van der Waals surface area contributed by atoms with Gasteiger partial charge in [0, 0.05) is 23.9 Å². The van der Waals surface area contributed by atoms with Crippen molar-refractivity contribution in [3.63, 3.8) is 0 Å². The fourth-order valence-corrected chi connectivity index (χ4v) is 3.75. The van der Waals surface area contributed by atoms with Crippen LogP contribution in [0.1, 0.15) is 6.42 Å². The van der Waals surface area contributed by atoms with Crippen LogP contribution in [-0.4, -0.2) is 31.1 Å². The van der Waals surface area contributed by atoms with Gasteiger partial charge < -0.3 is 0 Å². The van der Waals surface area contributed by atoms with Crippen molar-refractivity contribution >= 4 is 32.6 Å². The number of hydrogen-bond donors (Lipinski definition) is 0. The molecule has 2 aromatic rings. The number of anilines is 1.